The van der Waals surface area contributed by atoms with E-state index in [-0.39, 0.29) is 12.5 Å². The van der Waals surface area contributed by atoms with E-state index in [0.29, 0.717) is 17.1 Å². The summed E-state index contributed by atoms with van der Waals surface area (Å²) in [5, 5.41) is 9.96. The molecule has 10 heteroatoms. The number of amides is 1. The zero-order valence-electron chi connectivity index (χ0n) is 15.1. The Morgan fingerprint density at radius 3 is 2.82 bits per heavy atom. The molecule has 28 heavy (non-hydrogen) atoms. The second-order valence-electron chi connectivity index (χ2n) is 5.78. The Kier molecular flexibility index (Phi) is 7.72. The predicted octanol–water partition coefficient (Wildman–Crippen LogP) is 4.49. The number of aromatic amines is 1. The normalized spacial score (nSPS) is 10.8. The Morgan fingerprint density at radius 1 is 1.36 bits per heavy atom. The summed E-state index contributed by atoms with van der Waals surface area (Å²) in [5.74, 6) is 3.09. The van der Waals surface area contributed by atoms with E-state index >= 15 is 0 Å². The first-order valence-corrected chi connectivity index (χ1v) is 11.6. The van der Waals surface area contributed by atoms with Crippen LogP contribution in [0.15, 0.2) is 40.2 Å². The zero-order valence-corrected chi connectivity index (χ0v) is 19.1. The third kappa shape index (κ3) is 5.69. The molecule has 0 saturated heterocycles. The summed E-state index contributed by atoms with van der Waals surface area (Å²) in [4.78, 5) is 13.6. The van der Waals surface area contributed by atoms with E-state index in [4.69, 9.17) is 17.0 Å². The van der Waals surface area contributed by atoms with Crippen LogP contribution < -0.4 is 10.1 Å². The van der Waals surface area contributed by atoms with Crippen LogP contribution in [-0.4, -0.2) is 40.1 Å². The van der Waals surface area contributed by atoms with Gasteiger partial charge in [-0.1, -0.05) is 0 Å². The van der Waals surface area contributed by atoms with Crippen molar-refractivity contribution < 1.29 is 9.53 Å². The van der Waals surface area contributed by atoms with Gasteiger partial charge < -0.3 is 10.1 Å². The highest BCUT2D eigenvalue weighted by Crippen LogP contribution is 2.25. The zero-order chi connectivity index (χ0) is 19.9. The van der Waals surface area contributed by atoms with Crippen molar-refractivity contribution in [2.24, 2.45) is 0 Å². The molecule has 0 aliphatic heterocycles. The molecule has 0 atom stereocenters. The van der Waals surface area contributed by atoms with E-state index in [2.05, 4.69) is 43.6 Å². The lowest BCUT2D eigenvalue weighted by Gasteiger charge is -2.08. The van der Waals surface area contributed by atoms with Gasteiger partial charge in [0, 0.05) is 28.5 Å². The maximum absolute atomic E-state index is 12.3. The van der Waals surface area contributed by atoms with Crippen LogP contribution in [0.3, 0.4) is 0 Å². The molecule has 0 aliphatic carbocycles. The number of hydrogen-bond acceptors (Lipinski definition) is 6. The second-order valence-corrected chi connectivity index (χ2v) is 9.81. The Labute approximate surface area is 184 Å². The highest BCUT2D eigenvalue weighted by Gasteiger charge is 2.12. The summed E-state index contributed by atoms with van der Waals surface area (Å²) < 4.78 is 8.43. The van der Waals surface area contributed by atoms with Gasteiger partial charge in [0.1, 0.15) is 12.3 Å². The van der Waals surface area contributed by atoms with Gasteiger partial charge in [0.05, 0.1) is 10.9 Å². The third-order valence-corrected chi connectivity index (χ3v) is 6.98. The van der Waals surface area contributed by atoms with E-state index < -0.39 is 0 Å². The fourth-order valence-electron chi connectivity index (χ4n) is 2.49. The summed E-state index contributed by atoms with van der Waals surface area (Å²) in [5.41, 5.74) is 0.860. The van der Waals surface area contributed by atoms with Crippen LogP contribution in [0.5, 0.6) is 5.75 Å². The van der Waals surface area contributed by atoms with Crippen molar-refractivity contribution in [3.8, 4) is 17.1 Å². The van der Waals surface area contributed by atoms with Crippen LogP contribution in [0.2, 0.25) is 0 Å². The fraction of sp³-hybridized carbons (Fsp3) is 0.278. The molecule has 1 amide bonds. The van der Waals surface area contributed by atoms with Gasteiger partial charge in [0.2, 0.25) is 5.91 Å². The molecule has 0 radical (unpaired) electrons. The number of carbonyl (C=O) groups is 1. The number of benzene rings is 1. The molecule has 0 fully saturated rings. The molecule has 3 aromatic rings. The van der Waals surface area contributed by atoms with Crippen LogP contribution in [0.4, 0.5) is 0 Å². The number of nitrogens with one attached hydrogen (secondary N) is 2. The molecule has 0 spiro atoms. The van der Waals surface area contributed by atoms with Crippen LogP contribution in [0.25, 0.3) is 11.4 Å². The molecule has 6 nitrogen and oxygen atoms in total. The number of H-pyrrole nitrogens is 1. The number of thiophene rings is 1. The Bertz CT molecular complexity index is 981. The van der Waals surface area contributed by atoms with E-state index in [1.807, 2.05) is 24.3 Å². The largest absolute Gasteiger partial charge is 0.497 e. The average Bonchev–Trinajstić information content (AvgIpc) is 3.27. The SMILES string of the molecule is COc1ccc(-c2n[nH]c(=S)n2CC(=O)NCCSCc2ccc(Br)s2)cc1. The molecule has 0 bridgehead atoms. The first-order valence-electron chi connectivity index (χ1n) is 8.45. The maximum atomic E-state index is 12.3. The topological polar surface area (TPSA) is 71.9 Å². The molecule has 2 N–H and O–H groups in total. The summed E-state index contributed by atoms with van der Waals surface area (Å²) >= 11 is 12.3. The van der Waals surface area contributed by atoms with Gasteiger partial charge in [-0.05, 0) is 64.5 Å². The number of nitrogens with zero attached hydrogens (tertiary/aromatic N) is 2. The molecule has 0 unspecified atom stereocenters. The van der Waals surface area contributed by atoms with Crippen molar-refractivity contribution in [2.45, 2.75) is 12.3 Å². The number of thioether (sulfide) groups is 1. The smallest absolute Gasteiger partial charge is 0.240 e. The van der Waals surface area contributed by atoms with Crippen LogP contribution >= 0.6 is 51.2 Å². The molecule has 3 rings (SSSR count). The minimum Gasteiger partial charge on any atom is -0.497 e. The predicted molar refractivity (Wildman–Crippen MR) is 121 cm³/mol. The van der Waals surface area contributed by atoms with Gasteiger partial charge in [-0.15, -0.1) is 11.3 Å². The van der Waals surface area contributed by atoms with Gasteiger partial charge in [-0.2, -0.15) is 16.9 Å². The number of ether oxygens (including phenoxy) is 1. The molecule has 0 aliphatic rings. The lowest BCUT2D eigenvalue weighted by molar-refractivity contribution is -0.121. The number of rotatable bonds is 9. The van der Waals surface area contributed by atoms with Gasteiger partial charge in [0.15, 0.2) is 10.6 Å². The monoisotopic (exact) mass is 498 g/mol. The minimum atomic E-state index is -0.0910. The average molecular weight is 499 g/mol. The van der Waals surface area contributed by atoms with Gasteiger partial charge >= 0.3 is 0 Å². The Balaban J connectivity index is 1.51. The molecule has 2 aromatic heterocycles. The number of methoxy groups -OCH3 is 1. The first-order chi connectivity index (χ1) is 13.6. The van der Waals surface area contributed by atoms with Crippen molar-refractivity contribution >= 4 is 57.2 Å². The highest BCUT2D eigenvalue weighted by atomic mass is 79.9. The summed E-state index contributed by atoms with van der Waals surface area (Å²) in [6.45, 7) is 0.734. The molecule has 148 valence electrons. The quantitative estimate of drug-likeness (QED) is 0.335. The van der Waals surface area contributed by atoms with Crippen LogP contribution in [0.1, 0.15) is 4.88 Å². The van der Waals surface area contributed by atoms with Crippen molar-refractivity contribution in [1.82, 2.24) is 20.1 Å². The van der Waals surface area contributed by atoms with Crippen molar-refractivity contribution in [3.05, 3.63) is 49.8 Å². The Morgan fingerprint density at radius 2 is 2.14 bits per heavy atom. The van der Waals surface area contributed by atoms with Gasteiger partial charge in [0.25, 0.3) is 0 Å². The standard InChI is InChI=1S/C18H19BrN4O2S3/c1-25-13-4-2-12(3-5-13)17-21-22-18(26)23(17)10-16(24)20-8-9-27-11-14-6-7-15(19)28-14/h2-7H,8-11H2,1H3,(H,20,24)(H,22,26). The molecular formula is C18H19BrN4O2S3. The highest BCUT2D eigenvalue weighted by molar-refractivity contribution is 9.11. The van der Waals surface area contributed by atoms with Gasteiger partial charge in [-0.3, -0.25) is 14.5 Å². The van der Waals surface area contributed by atoms with Crippen molar-refractivity contribution in [2.75, 3.05) is 19.4 Å². The van der Waals surface area contributed by atoms with E-state index in [1.165, 1.54) is 4.88 Å². The van der Waals surface area contributed by atoms with E-state index in [0.717, 1.165) is 26.6 Å². The molecule has 2 heterocycles. The summed E-state index contributed by atoms with van der Waals surface area (Å²) in [7, 11) is 1.62. The minimum absolute atomic E-state index is 0.0910. The first kappa shape index (κ1) is 21.1. The van der Waals surface area contributed by atoms with Gasteiger partial charge in [-0.25, -0.2) is 0 Å². The fourth-order valence-corrected chi connectivity index (χ4v) is 5.14. The third-order valence-electron chi connectivity index (χ3n) is 3.85. The molecule has 1 aromatic carbocycles. The second kappa shape index (κ2) is 10.2. The number of aromatic nitrogens is 3. The maximum Gasteiger partial charge on any atom is 0.240 e. The van der Waals surface area contributed by atoms with Crippen molar-refractivity contribution in [1.29, 1.82) is 0 Å². The Hall–Kier alpha value is -1.62. The summed E-state index contributed by atoms with van der Waals surface area (Å²) in [6.07, 6.45) is 0. The summed E-state index contributed by atoms with van der Waals surface area (Å²) in [6, 6.07) is 11.6. The van der Waals surface area contributed by atoms with Crippen molar-refractivity contribution in [3.63, 3.8) is 0 Å². The van der Waals surface area contributed by atoms with E-state index in [9.17, 15) is 4.79 Å². The van der Waals surface area contributed by atoms with E-state index in [1.54, 1.807) is 34.8 Å². The van der Waals surface area contributed by atoms with Crippen LogP contribution in [0, 0.1) is 4.77 Å². The number of hydrogen-bond donors (Lipinski definition) is 2. The number of carbonyl (C=O) groups excluding carboxylic acids is 1. The molecular weight excluding hydrogens is 480 g/mol. The molecule has 0 saturated carbocycles. The number of halogens is 1. The van der Waals surface area contributed by atoms with Crippen LogP contribution in [-0.2, 0) is 17.1 Å². The lowest BCUT2D eigenvalue weighted by Crippen LogP contribution is -2.29. The lowest BCUT2D eigenvalue weighted by atomic mass is 10.2.